The van der Waals surface area contributed by atoms with E-state index in [0.717, 1.165) is 6.20 Å². The van der Waals surface area contributed by atoms with Crippen LogP contribution in [0.3, 0.4) is 0 Å². The van der Waals surface area contributed by atoms with Crippen LogP contribution in [-0.2, 0) is 6.18 Å². The van der Waals surface area contributed by atoms with E-state index >= 15 is 0 Å². The predicted molar refractivity (Wildman–Crippen MR) is 102 cm³/mol. The molecule has 0 radical (unpaired) electrons. The average Bonchev–Trinajstić information content (AvgIpc) is 2.73. The number of hydrogen-bond donors (Lipinski definition) is 1. The molecule has 2 aliphatic heterocycles. The zero-order valence-electron chi connectivity index (χ0n) is 16.2. The molecule has 1 atom stereocenters. The fourth-order valence-corrected chi connectivity index (χ4v) is 4.41. The van der Waals surface area contributed by atoms with Gasteiger partial charge in [-0.05, 0) is 42.9 Å². The monoisotopic (exact) mass is 421 g/mol. The van der Waals surface area contributed by atoms with E-state index in [1.165, 1.54) is 12.3 Å². The number of carbonyl (C=O) groups is 1. The van der Waals surface area contributed by atoms with E-state index in [9.17, 15) is 23.1 Å². The Morgan fingerprint density at radius 1 is 1.20 bits per heavy atom. The number of amides is 1. The summed E-state index contributed by atoms with van der Waals surface area (Å²) in [6.45, 7) is 1.76. The van der Waals surface area contributed by atoms with Crippen molar-refractivity contribution in [3.05, 3.63) is 48.2 Å². The second-order valence-electron chi connectivity index (χ2n) is 8.01. The van der Waals surface area contributed by atoms with Crippen molar-refractivity contribution < 1.29 is 23.1 Å². The number of β-amino-alcohol motifs (C(OH)–C–C–N with tert-alkyl or cyclic N) is 1. The van der Waals surface area contributed by atoms with E-state index in [-0.39, 0.29) is 23.7 Å². The van der Waals surface area contributed by atoms with Gasteiger partial charge in [-0.2, -0.15) is 13.2 Å². The summed E-state index contributed by atoms with van der Waals surface area (Å²) in [7, 11) is 0. The van der Waals surface area contributed by atoms with Crippen LogP contribution in [0, 0.1) is 5.41 Å². The van der Waals surface area contributed by atoms with Crippen molar-refractivity contribution in [1.29, 1.82) is 0 Å². The molecule has 0 saturated carbocycles. The molecule has 2 aromatic rings. The van der Waals surface area contributed by atoms with Crippen molar-refractivity contribution in [2.75, 3.05) is 31.1 Å². The van der Waals surface area contributed by atoms with E-state index in [1.54, 1.807) is 28.1 Å². The molecule has 10 heteroatoms. The molecule has 1 amide bonds. The summed E-state index contributed by atoms with van der Waals surface area (Å²) < 4.78 is 38.7. The summed E-state index contributed by atoms with van der Waals surface area (Å²) in [5.74, 6) is -1.08. The lowest BCUT2D eigenvalue weighted by Crippen LogP contribution is -2.55. The number of rotatable bonds is 2. The molecule has 1 unspecified atom stereocenters. The van der Waals surface area contributed by atoms with Crippen molar-refractivity contribution in [3.8, 4) is 0 Å². The van der Waals surface area contributed by atoms with Crippen molar-refractivity contribution in [2.45, 2.75) is 31.5 Å². The van der Waals surface area contributed by atoms with Crippen LogP contribution in [0.25, 0.3) is 0 Å². The third kappa shape index (κ3) is 4.23. The van der Waals surface area contributed by atoms with Crippen LogP contribution in [0.5, 0.6) is 0 Å². The highest BCUT2D eigenvalue weighted by atomic mass is 19.4. The highest BCUT2D eigenvalue weighted by Crippen LogP contribution is 2.41. The lowest BCUT2D eigenvalue weighted by atomic mass is 9.71. The average molecular weight is 421 g/mol. The van der Waals surface area contributed by atoms with Crippen molar-refractivity contribution >= 4 is 11.7 Å². The summed E-state index contributed by atoms with van der Waals surface area (Å²) in [4.78, 5) is 27.3. The van der Waals surface area contributed by atoms with E-state index in [1.807, 2.05) is 0 Å². The van der Waals surface area contributed by atoms with Crippen LogP contribution in [0.2, 0.25) is 0 Å². The van der Waals surface area contributed by atoms with E-state index in [4.69, 9.17) is 0 Å². The van der Waals surface area contributed by atoms with Crippen LogP contribution in [0.1, 0.15) is 35.4 Å². The molecular weight excluding hydrogens is 399 g/mol. The molecule has 7 nitrogen and oxygen atoms in total. The van der Waals surface area contributed by atoms with Gasteiger partial charge in [-0.15, -0.1) is 0 Å². The van der Waals surface area contributed by atoms with Gasteiger partial charge in [0.25, 0.3) is 5.91 Å². The molecule has 1 N–H and O–H groups in total. The molecule has 0 aliphatic carbocycles. The Morgan fingerprint density at radius 2 is 1.97 bits per heavy atom. The molecule has 0 aromatic carbocycles. The van der Waals surface area contributed by atoms with Crippen molar-refractivity contribution in [3.63, 3.8) is 0 Å². The zero-order chi connectivity index (χ0) is 21.4. The lowest BCUT2D eigenvalue weighted by Gasteiger charge is -2.49. The maximum absolute atomic E-state index is 12.9. The molecule has 2 saturated heterocycles. The summed E-state index contributed by atoms with van der Waals surface area (Å²) in [6.07, 6.45) is 0.847. The second-order valence-corrected chi connectivity index (χ2v) is 8.01. The molecule has 0 bridgehead atoms. The van der Waals surface area contributed by atoms with Gasteiger partial charge < -0.3 is 14.9 Å². The number of aliphatic hydroxyl groups excluding tert-OH is 1. The summed E-state index contributed by atoms with van der Waals surface area (Å²) in [5.41, 5.74) is 0.200. The Morgan fingerprint density at radius 3 is 2.63 bits per heavy atom. The second kappa shape index (κ2) is 7.82. The molecule has 160 valence electrons. The lowest BCUT2D eigenvalue weighted by molar-refractivity contribution is -0.144. The predicted octanol–water partition coefficient (Wildman–Crippen LogP) is 2.38. The van der Waals surface area contributed by atoms with Gasteiger partial charge >= 0.3 is 6.18 Å². The summed E-state index contributed by atoms with van der Waals surface area (Å²) in [6, 6.07) is 4.86. The van der Waals surface area contributed by atoms with E-state index in [0.29, 0.717) is 44.5 Å². The summed E-state index contributed by atoms with van der Waals surface area (Å²) in [5, 5.41) is 10.4. The van der Waals surface area contributed by atoms with Crippen LogP contribution in [0.4, 0.5) is 19.0 Å². The molecule has 30 heavy (non-hydrogen) atoms. The van der Waals surface area contributed by atoms with Crippen LogP contribution in [0.15, 0.2) is 36.8 Å². The SMILES string of the molecule is O=C(c1cccnc1)N1CC(O)CC2(CCN(c3ccnc(C(F)(F)F)n3)CC2)C1. The van der Waals surface area contributed by atoms with Crippen LogP contribution >= 0.6 is 0 Å². The van der Waals surface area contributed by atoms with Gasteiger partial charge in [-0.25, -0.2) is 9.97 Å². The van der Waals surface area contributed by atoms with Gasteiger partial charge in [-0.1, -0.05) is 0 Å². The largest absolute Gasteiger partial charge is 0.451 e. The topological polar surface area (TPSA) is 82.5 Å². The van der Waals surface area contributed by atoms with Gasteiger partial charge in [0.2, 0.25) is 5.82 Å². The first kappa shape index (κ1) is 20.5. The summed E-state index contributed by atoms with van der Waals surface area (Å²) >= 11 is 0. The number of alkyl halides is 3. The fourth-order valence-electron chi connectivity index (χ4n) is 4.41. The first-order valence-corrected chi connectivity index (χ1v) is 9.78. The van der Waals surface area contributed by atoms with E-state index < -0.39 is 18.1 Å². The number of nitrogens with zero attached hydrogens (tertiary/aromatic N) is 5. The molecule has 2 fully saturated rings. The minimum atomic E-state index is -4.59. The fraction of sp³-hybridized carbons (Fsp3) is 0.500. The molecule has 2 aliphatic rings. The smallest absolute Gasteiger partial charge is 0.391 e. The first-order valence-electron chi connectivity index (χ1n) is 9.78. The third-order valence-corrected chi connectivity index (χ3v) is 5.86. The zero-order valence-corrected chi connectivity index (χ0v) is 16.2. The number of piperidine rings is 2. The number of likely N-dealkylation sites (tertiary alicyclic amines) is 1. The number of aliphatic hydroxyl groups is 1. The Kier molecular flexibility index (Phi) is 5.35. The first-order chi connectivity index (χ1) is 14.3. The van der Waals surface area contributed by atoms with E-state index in [2.05, 4.69) is 15.0 Å². The molecule has 1 spiro atoms. The number of halogens is 3. The Hall–Kier alpha value is -2.75. The Bertz CT molecular complexity index is 901. The molecular formula is C20H22F3N5O2. The highest BCUT2D eigenvalue weighted by molar-refractivity contribution is 5.94. The quantitative estimate of drug-likeness (QED) is 0.802. The number of pyridine rings is 1. The minimum absolute atomic E-state index is 0.172. The maximum Gasteiger partial charge on any atom is 0.451 e. The molecule has 2 aromatic heterocycles. The normalized spacial score (nSPS) is 21.7. The number of carbonyl (C=O) groups excluding carboxylic acids is 1. The van der Waals surface area contributed by atoms with Gasteiger partial charge in [0.15, 0.2) is 0 Å². The number of hydrogen-bond acceptors (Lipinski definition) is 6. The number of aromatic nitrogens is 3. The van der Waals surface area contributed by atoms with Crippen LogP contribution < -0.4 is 4.90 Å². The third-order valence-electron chi connectivity index (χ3n) is 5.86. The van der Waals surface area contributed by atoms with Gasteiger partial charge in [-0.3, -0.25) is 9.78 Å². The maximum atomic E-state index is 12.9. The minimum Gasteiger partial charge on any atom is -0.391 e. The van der Waals surface area contributed by atoms with Crippen molar-refractivity contribution in [1.82, 2.24) is 19.9 Å². The van der Waals surface area contributed by atoms with Gasteiger partial charge in [0, 0.05) is 44.8 Å². The Balaban J connectivity index is 1.46. The van der Waals surface area contributed by atoms with Gasteiger partial charge in [0.05, 0.1) is 11.7 Å². The molecule has 4 heterocycles. The number of anilines is 1. The van der Waals surface area contributed by atoms with Crippen molar-refractivity contribution in [2.24, 2.45) is 5.41 Å². The Labute approximate surface area is 171 Å². The van der Waals surface area contributed by atoms with Gasteiger partial charge in [0.1, 0.15) is 5.82 Å². The standard InChI is InChI=1S/C20H22F3N5O2/c21-20(22,23)18-25-7-3-16(26-18)27-8-4-19(5-9-27)10-15(29)12-28(13-19)17(30)14-2-1-6-24-11-14/h1-3,6-7,11,15,29H,4-5,8-10,12-13H2. The molecule has 4 rings (SSSR count). The van der Waals surface area contributed by atoms with Crippen LogP contribution in [-0.4, -0.2) is 63.1 Å². The highest BCUT2D eigenvalue weighted by Gasteiger charge is 2.43.